The molecule has 1 aliphatic heterocycles. The summed E-state index contributed by atoms with van der Waals surface area (Å²) >= 11 is 12.4. The van der Waals surface area contributed by atoms with Crippen LogP contribution in [0.4, 0.5) is 11.4 Å². The Balaban J connectivity index is 1.43. The number of rotatable bonds is 9. The maximum atomic E-state index is 13.1. The first kappa shape index (κ1) is 27.0. The molecule has 196 valence electrons. The van der Waals surface area contributed by atoms with Gasteiger partial charge < -0.3 is 20.1 Å². The van der Waals surface area contributed by atoms with Gasteiger partial charge >= 0.3 is 0 Å². The average molecular weight is 554 g/mol. The second kappa shape index (κ2) is 11.6. The van der Waals surface area contributed by atoms with Crippen LogP contribution in [-0.2, 0) is 16.0 Å². The van der Waals surface area contributed by atoms with E-state index in [1.165, 1.54) is 0 Å². The van der Waals surface area contributed by atoms with Crippen molar-refractivity contribution in [2.75, 3.05) is 31.0 Å². The molecule has 4 rings (SSSR count). The first-order chi connectivity index (χ1) is 18.2. The lowest BCUT2D eigenvalue weighted by Crippen LogP contribution is -2.32. The van der Waals surface area contributed by atoms with Crippen LogP contribution in [0.3, 0.4) is 0 Å². The molecule has 0 atom stereocenters. The summed E-state index contributed by atoms with van der Waals surface area (Å²) in [5.41, 5.74) is 2.62. The van der Waals surface area contributed by atoms with Crippen molar-refractivity contribution in [2.24, 2.45) is 0 Å². The number of imide groups is 1. The van der Waals surface area contributed by atoms with Crippen molar-refractivity contribution in [3.05, 3.63) is 93.1 Å². The number of benzene rings is 3. The summed E-state index contributed by atoms with van der Waals surface area (Å²) in [5, 5.41) is 5.95. The second-order valence-electron chi connectivity index (χ2n) is 8.42. The molecule has 0 aliphatic carbocycles. The topological polar surface area (TPSA) is 97.0 Å². The lowest BCUT2D eigenvalue weighted by atomic mass is 10.1. The smallest absolute Gasteiger partial charge is 0.283 e. The van der Waals surface area contributed by atoms with Crippen molar-refractivity contribution < 1.29 is 23.9 Å². The summed E-state index contributed by atoms with van der Waals surface area (Å²) in [4.78, 5) is 39.7. The largest absolute Gasteiger partial charge is 0.493 e. The zero-order chi connectivity index (χ0) is 27.4. The highest BCUT2D eigenvalue weighted by atomic mass is 35.5. The molecular formula is C28H25Cl2N3O5. The maximum absolute atomic E-state index is 13.1. The number of anilines is 2. The minimum absolute atomic E-state index is 0.0814. The van der Waals surface area contributed by atoms with Crippen LogP contribution < -0.4 is 25.0 Å². The van der Waals surface area contributed by atoms with Gasteiger partial charge in [-0.2, -0.15) is 0 Å². The van der Waals surface area contributed by atoms with Crippen LogP contribution >= 0.6 is 23.2 Å². The van der Waals surface area contributed by atoms with E-state index in [2.05, 4.69) is 10.6 Å². The average Bonchev–Trinajstić information content (AvgIpc) is 3.13. The molecule has 3 aromatic carbocycles. The molecular weight excluding hydrogens is 529 g/mol. The lowest BCUT2D eigenvalue weighted by Gasteiger charge is -2.18. The summed E-state index contributed by atoms with van der Waals surface area (Å²) in [6.07, 6.45) is 0.585. The van der Waals surface area contributed by atoms with Crippen molar-refractivity contribution in [2.45, 2.75) is 13.3 Å². The quantitative estimate of drug-likeness (QED) is 0.359. The predicted octanol–water partition coefficient (Wildman–Crippen LogP) is 5.07. The molecule has 38 heavy (non-hydrogen) atoms. The maximum Gasteiger partial charge on any atom is 0.283 e. The number of halogens is 2. The van der Waals surface area contributed by atoms with E-state index < -0.39 is 11.8 Å². The van der Waals surface area contributed by atoms with E-state index in [0.717, 1.165) is 10.5 Å². The Bertz CT molecular complexity index is 1450. The van der Waals surface area contributed by atoms with E-state index in [-0.39, 0.29) is 16.6 Å². The summed E-state index contributed by atoms with van der Waals surface area (Å²) in [6, 6.07) is 17.1. The fraction of sp³-hybridized carbons (Fsp3) is 0.179. The number of carbonyl (C=O) groups is 3. The third-order valence-electron chi connectivity index (χ3n) is 6.05. The number of carbonyl (C=O) groups excluding carboxylic acids is 3. The number of hydrogen-bond acceptors (Lipinski definition) is 6. The number of nitrogens with one attached hydrogen (secondary N) is 2. The van der Waals surface area contributed by atoms with Gasteiger partial charge in [0, 0.05) is 22.8 Å². The van der Waals surface area contributed by atoms with Gasteiger partial charge in [0.05, 0.1) is 19.9 Å². The third kappa shape index (κ3) is 5.46. The molecule has 0 saturated carbocycles. The minimum atomic E-state index is -0.659. The van der Waals surface area contributed by atoms with Crippen molar-refractivity contribution in [3.63, 3.8) is 0 Å². The molecule has 3 amide bonds. The number of ether oxygens (including phenoxy) is 2. The van der Waals surface area contributed by atoms with Gasteiger partial charge in [-0.15, -0.1) is 0 Å². The van der Waals surface area contributed by atoms with E-state index >= 15 is 0 Å². The molecule has 3 aromatic rings. The molecule has 0 fully saturated rings. The van der Waals surface area contributed by atoms with Gasteiger partial charge in [-0.05, 0) is 66.9 Å². The van der Waals surface area contributed by atoms with Crippen LogP contribution in [0, 0.1) is 6.92 Å². The molecule has 0 radical (unpaired) electrons. The molecule has 10 heteroatoms. The van der Waals surface area contributed by atoms with Crippen LogP contribution in [0.25, 0.3) is 0 Å². The summed E-state index contributed by atoms with van der Waals surface area (Å²) in [7, 11) is 3.14. The van der Waals surface area contributed by atoms with Crippen LogP contribution in [0.15, 0.2) is 71.4 Å². The normalized spacial score (nSPS) is 13.1. The molecule has 0 unspecified atom stereocenters. The standard InChI is InChI=1S/C28H25Cl2N3O5/c1-16-20(29)8-5-9-21(16)33-27(35)24(30)25(28(33)36)32-19-7-4-6-18(15-19)26(34)31-13-12-17-10-11-22(37-2)23(14-17)38-3/h4-11,14-15,32H,12-13H2,1-3H3,(H,31,34). The van der Waals surface area contributed by atoms with Crippen molar-refractivity contribution in [1.82, 2.24) is 5.32 Å². The second-order valence-corrected chi connectivity index (χ2v) is 9.20. The summed E-state index contributed by atoms with van der Waals surface area (Å²) < 4.78 is 10.6. The molecule has 0 bridgehead atoms. The molecule has 0 spiro atoms. The molecule has 1 heterocycles. The third-order valence-corrected chi connectivity index (χ3v) is 6.81. The van der Waals surface area contributed by atoms with Crippen molar-refractivity contribution >= 4 is 52.3 Å². The molecule has 0 aromatic heterocycles. The number of hydrogen-bond donors (Lipinski definition) is 2. The highest BCUT2D eigenvalue weighted by Crippen LogP contribution is 2.34. The van der Waals surface area contributed by atoms with Crippen LogP contribution in [-0.4, -0.2) is 38.5 Å². The fourth-order valence-corrected chi connectivity index (χ4v) is 4.39. The summed E-state index contributed by atoms with van der Waals surface area (Å²) in [6.45, 7) is 2.11. The van der Waals surface area contributed by atoms with Gasteiger partial charge in [-0.3, -0.25) is 14.4 Å². The van der Waals surface area contributed by atoms with Gasteiger partial charge in [0.15, 0.2) is 11.5 Å². The van der Waals surface area contributed by atoms with Crippen molar-refractivity contribution in [3.8, 4) is 11.5 Å². The molecule has 0 saturated heterocycles. The Hall–Kier alpha value is -4.01. The van der Waals surface area contributed by atoms with Crippen molar-refractivity contribution in [1.29, 1.82) is 0 Å². The zero-order valence-electron chi connectivity index (χ0n) is 20.9. The first-order valence-corrected chi connectivity index (χ1v) is 12.4. The number of methoxy groups -OCH3 is 2. The summed E-state index contributed by atoms with van der Waals surface area (Å²) in [5.74, 6) is -0.317. The number of nitrogens with zero attached hydrogens (tertiary/aromatic N) is 1. The Morgan fingerprint density at radius 1 is 0.921 bits per heavy atom. The fourth-order valence-electron chi connectivity index (χ4n) is 4.01. The van der Waals surface area contributed by atoms with E-state index in [9.17, 15) is 14.4 Å². The van der Waals surface area contributed by atoms with E-state index in [4.69, 9.17) is 32.7 Å². The Labute approximate surface area is 230 Å². The Morgan fingerprint density at radius 3 is 2.39 bits per heavy atom. The lowest BCUT2D eigenvalue weighted by molar-refractivity contribution is -0.120. The predicted molar refractivity (Wildman–Crippen MR) is 147 cm³/mol. The Kier molecular flexibility index (Phi) is 8.24. The van der Waals surface area contributed by atoms with Gasteiger partial charge in [0.25, 0.3) is 17.7 Å². The van der Waals surface area contributed by atoms with Gasteiger partial charge in [0.2, 0.25) is 0 Å². The zero-order valence-corrected chi connectivity index (χ0v) is 22.4. The minimum Gasteiger partial charge on any atom is -0.493 e. The van der Waals surface area contributed by atoms with Crippen LogP contribution in [0.2, 0.25) is 5.02 Å². The Morgan fingerprint density at radius 2 is 1.66 bits per heavy atom. The van der Waals surface area contributed by atoms with E-state index in [1.807, 2.05) is 18.2 Å². The van der Waals surface area contributed by atoms with E-state index in [0.29, 0.717) is 52.0 Å². The van der Waals surface area contributed by atoms with Gasteiger partial charge in [-0.1, -0.05) is 41.4 Å². The highest BCUT2D eigenvalue weighted by Gasteiger charge is 2.39. The monoisotopic (exact) mass is 553 g/mol. The highest BCUT2D eigenvalue weighted by molar-refractivity contribution is 6.53. The first-order valence-electron chi connectivity index (χ1n) is 11.6. The molecule has 8 nitrogen and oxygen atoms in total. The molecule has 2 N–H and O–H groups in total. The van der Waals surface area contributed by atoms with E-state index in [1.54, 1.807) is 63.6 Å². The van der Waals surface area contributed by atoms with Crippen LogP contribution in [0.1, 0.15) is 21.5 Å². The van der Waals surface area contributed by atoms with Crippen LogP contribution in [0.5, 0.6) is 11.5 Å². The van der Waals surface area contributed by atoms with Gasteiger partial charge in [-0.25, -0.2) is 4.90 Å². The molecule has 1 aliphatic rings. The number of amides is 3. The van der Waals surface area contributed by atoms with Gasteiger partial charge in [0.1, 0.15) is 10.7 Å². The SMILES string of the molecule is COc1ccc(CCNC(=O)c2cccc(NC3=C(Cl)C(=O)N(c4cccc(Cl)c4C)C3=O)c2)cc1OC.